The van der Waals surface area contributed by atoms with Crippen LogP contribution in [0.3, 0.4) is 0 Å². The number of fused-ring (bicyclic) bond motifs is 1. The van der Waals surface area contributed by atoms with Crippen molar-refractivity contribution in [1.82, 2.24) is 25.3 Å². The number of likely N-dealkylation sites (tertiary alicyclic amines) is 1. The average molecular weight is 558 g/mol. The Labute approximate surface area is 236 Å². The summed E-state index contributed by atoms with van der Waals surface area (Å²) in [7, 11) is 1.61. The molecule has 4 heterocycles. The third-order valence-corrected chi connectivity index (χ3v) is 8.02. The van der Waals surface area contributed by atoms with E-state index in [0.717, 1.165) is 36.1 Å². The third kappa shape index (κ3) is 5.27. The second-order valence-electron chi connectivity index (χ2n) is 10.6. The highest BCUT2D eigenvalue weighted by Crippen LogP contribution is 2.31. The summed E-state index contributed by atoms with van der Waals surface area (Å²) >= 11 is 0. The van der Waals surface area contributed by atoms with Gasteiger partial charge in [0, 0.05) is 30.6 Å². The Balaban J connectivity index is 1.11. The van der Waals surface area contributed by atoms with Crippen molar-refractivity contribution in [2.75, 3.05) is 20.3 Å². The minimum Gasteiger partial charge on any atom is -0.497 e. The van der Waals surface area contributed by atoms with Gasteiger partial charge >= 0.3 is 0 Å². The molecule has 0 bridgehead atoms. The second kappa shape index (κ2) is 11.1. The van der Waals surface area contributed by atoms with Gasteiger partial charge in [0.2, 0.25) is 11.8 Å². The number of hydrogen-bond acceptors (Lipinski definition) is 7. The smallest absolute Gasteiger partial charge is 0.272 e. The maximum Gasteiger partial charge on any atom is 0.272 e. The number of hydrogen-bond donors (Lipinski definition) is 2. The molecule has 1 unspecified atom stereocenters. The Kier molecular flexibility index (Phi) is 7.17. The Morgan fingerprint density at radius 2 is 1.83 bits per heavy atom. The van der Waals surface area contributed by atoms with E-state index in [1.807, 2.05) is 35.2 Å². The molecule has 4 amide bonds. The molecule has 1 aromatic heterocycles. The van der Waals surface area contributed by atoms with Crippen molar-refractivity contribution in [3.63, 3.8) is 0 Å². The number of aromatic nitrogens is 2. The van der Waals surface area contributed by atoms with E-state index in [9.17, 15) is 19.2 Å². The first-order valence-electron chi connectivity index (χ1n) is 13.8. The molecule has 3 aromatic rings. The van der Waals surface area contributed by atoms with Crippen molar-refractivity contribution in [1.29, 1.82) is 0 Å². The molecule has 0 spiro atoms. The molecular formula is C30H31N5O6. The summed E-state index contributed by atoms with van der Waals surface area (Å²) in [4.78, 5) is 53.7. The molecular weight excluding hydrogens is 526 g/mol. The summed E-state index contributed by atoms with van der Waals surface area (Å²) < 4.78 is 11.4. The van der Waals surface area contributed by atoms with Crippen LogP contribution in [0.2, 0.25) is 0 Å². The van der Waals surface area contributed by atoms with Crippen LogP contribution < -0.4 is 14.8 Å². The van der Waals surface area contributed by atoms with Crippen LogP contribution in [0.1, 0.15) is 58.5 Å². The van der Waals surface area contributed by atoms with Crippen molar-refractivity contribution < 1.29 is 28.7 Å². The largest absolute Gasteiger partial charge is 0.497 e. The minimum atomic E-state index is -0.661. The van der Waals surface area contributed by atoms with Crippen LogP contribution >= 0.6 is 0 Å². The topological polar surface area (TPSA) is 134 Å². The lowest BCUT2D eigenvalue weighted by Crippen LogP contribution is -2.52. The van der Waals surface area contributed by atoms with Gasteiger partial charge in [-0.25, -0.2) is 0 Å². The van der Waals surface area contributed by atoms with Crippen molar-refractivity contribution in [3.8, 4) is 22.8 Å². The number of piperidine rings is 2. The Hall–Kier alpha value is -4.67. The summed E-state index contributed by atoms with van der Waals surface area (Å²) in [5.74, 6) is 0.255. The lowest BCUT2D eigenvalue weighted by Gasteiger charge is -2.35. The van der Waals surface area contributed by atoms with E-state index in [0.29, 0.717) is 42.3 Å². The predicted octanol–water partition coefficient (Wildman–Crippen LogP) is 2.92. The molecule has 2 N–H and O–H groups in total. The zero-order chi connectivity index (χ0) is 28.5. The average Bonchev–Trinajstić information content (AvgIpc) is 3.61. The molecule has 0 radical (unpaired) electrons. The fraction of sp³-hybridized carbons (Fsp3) is 0.367. The molecule has 41 heavy (non-hydrogen) atoms. The van der Waals surface area contributed by atoms with Crippen LogP contribution in [0.5, 0.6) is 11.5 Å². The monoisotopic (exact) mass is 557 g/mol. The number of benzene rings is 2. The molecule has 3 aliphatic heterocycles. The number of nitrogens with one attached hydrogen (secondary N) is 2. The minimum absolute atomic E-state index is 0.112. The van der Waals surface area contributed by atoms with E-state index in [4.69, 9.17) is 9.47 Å². The number of aromatic amines is 1. The first-order chi connectivity index (χ1) is 19.9. The molecule has 6 rings (SSSR count). The standard InChI is InChI=1S/C30H31N5O6/c1-40-21-7-5-18(6-8-21)24-15-25(33-32-24)30(39)34-13-3-2-4-20(34)17-41-22-9-10-23-19(14-22)16-35(29(23)38)26-11-12-27(36)31-28(26)37/h5-10,14-15,20,26H,2-4,11-13,16-17H2,1H3,(H,32,33)(H,31,36,37)/t20-,26?/m0/s1. The van der Waals surface area contributed by atoms with Crippen LogP contribution in [0.15, 0.2) is 48.5 Å². The van der Waals surface area contributed by atoms with Gasteiger partial charge in [-0.15, -0.1) is 0 Å². The number of nitrogens with zero attached hydrogens (tertiary/aromatic N) is 3. The summed E-state index contributed by atoms with van der Waals surface area (Å²) in [5, 5.41) is 9.56. The maximum absolute atomic E-state index is 13.5. The van der Waals surface area contributed by atoms with E-state index in [1.54, 1.807) is 25.3 Å². The molecule has 11 nitrogen and oxygen atoms in total. The van der Waals surface area contributed by atoms with Gasteiger partial charge in [0.05, 0.1) is 18.8 Å². The van der Waals surface area contributed by atoms with E-state index >= 15 is 0 Å². The summed E-state index contributed by atoms with van der Waals surface area (Å²) in [5.41, 5.74) is 3.29. The predicted molar refractivity (Wildman–Crippen MR) is 147 cm³/mol. The van der Waals surface area contributed by atoms with Gasteiger partial charge in [0.15, 0.2) is 0 Å². The van der Waals surface area contributed by atoms with Gasteiger partial charge in [-0.1, -0.05) is 0 Å². The van der Waals surface area contributed by atoms with Gasteiger partial charge in [0.1, 0.15) is 29.8 Å². The molecule has 2 atom stereocenters. The Morgan fingerprint density at radius 1 is 1.02 bits per heavy atom. The zero-order valence-electron chi connectivity index (χ0n) is 22.7. The van der Waals surface area contributed by atoms with Crippen LogP contribution in [-0.2, 0) is 16.1 Å². The summed E-state index contributed by atoms with van der Waals surface area (Å²) in [6.45, 7) is 1.22. The molecule has 11 heteroatoms. The fourth-order valence-corrected chi connectivity index (χ4v) is 5.77. The SMILES string of the molecule is COc1ccc(-c2cc(C(=O)N3CCCC[C@H]3COc3ccc4c(c3)CN(C3CCC(=O)NC3=O)C4=O)[nH]n2)cc1. The third-order valence-electron chi connectivity index (χ3n) is 8.02. The van der Waals surface area contributed by atoms with Crippen LogP contribution in [-0.4, -0.2) is 76.0 Å². The van der Waals surface area contributed by atoms with E-state index in [1.165, 1.54) is 4.90 Å². The molecule has 3 aliphatic rings. The van der Waals surface area contributed by atoms with Gasteiger partial charge in [0.25, 0.3) is 11.8 Å². The first kappa shape index (κ1) is 26.5. The van der Waals surface area contributed by atoms with E-state index < -0.39 is 11.9 Å². The molecule has 2 fully saturated rings. The molecule has 0 saturated carbocycles. The van der Waals surface area contributed by atoms with Crippen molar-refractivity contribution >= 4 is 23.6 Å². The van der Waals surface area contributed by atoms with Gasteiger partial charge in [-0.05, 0) is 79.8 Å². The highest BCUT2D eigenvalue weighted by molar-refractivity contribution is 6.05. The number of H-pyrrole nitrogens is 1. The highest BCUT2D eigenvalue weighted by Gasteiger charge is 2.39. The highest BCUT2D eigenvalue weighted by atomic mass is 16.5. The number of amides is 4. The lowest BCUT2D eigenvalue weighted by atomic mass is 10.0. The lowest BCUT2D eigenvalue weighted by molar-refractivity contribution is -0.136. The fourth-order valence-electron chi connectivity index (χ4n) is 5.77. The van der Waals surface area contributed by atoms with Crippen molar-refractivity contribution in [3.05, 3.63) is 65.4 Å². The van der Waals surface area contributed by atoms with Crippen molar-refractivity contribution in [2.24, 2.45) is 0 Å². The van der Waals surface area contributed by atoms with Crippen molar-refractivity contribution in [2.45, 2.75) is 50.7 Å². The number of carbonyl (C=O) groups excluding carboxylic acids is 4. The number of methoxy groups -OCH3 is 1. The first-order valence-corrected chi connectivity index (χ1v) is 13.8. The number of carbonyl (C=O) groups is 4. The quantitative estimate of drug-likeness (QED) is 0.427. The number of imide groups is 1. The molecule has 0 aliphatic carbocycles. The molecule has 2 aromatic carbocycles. The van der Waals surface area contributed by atoms with E-state index in [-0.39, 0.29) is 36.7 Å². The summed E-state index contributed by atoms with van der Waals surface area (Å²) in [6.07, 6.45) is 3.26. The number of ether oxygens (including phenoxy) is 2. The molecule has 2 saturated heterocycles. The van der Waals surface area contributed by atoms with Crippen LogP contribution in [0.4, 0.5) is 0 Å². The summed E-state index contributed by atoms with van der Waals surface area (Å²) in [6, 6.07) is 13.8. The maximum atomic E-state index is 13.5. The Bertz CT molecular complexity index is 1500. The Morgan fingerprint density at radius 3 is 2.61 bits per heavy atom. The van der Waals surface area contributed by atoms with Crippen LogP contribution in [0.25, 0.3) is 11.3 Å². The second-order valence-corrected chi connectivity index (χ2v) is 10.6. The molecule has 212 valence electrons. The normalized spacial score (nSPS) is 20.6. The van der Waals surface area contributed by atoms with Gasteiger partial charge in [-0.2, -0.15) is 5.10 Å². The van der Waals surface area contributed by atoms with Crippen LogP contribution in [0, 0.1) is 0 Å². The number of rotatable bonds is 7. The van der Waals surface area contributed by atoms with E-state index in [2.05, 4.69) is 15.5 Å². The zero-order valence-corrected chi connectivity index (χ0v) is 22.7. The van der Waals surface area contributed by atoms with Gasteiger partial charge < -0.3 is 19.3 Å². The van der Waals surface area contributed by atoms with Gasteiger partial charge in [-0.3, -0.25) is 29.6 Å².